The Labute approximate surface area is 189 Å². The van der Waals surface area contributed by atoms with Crippen molar-refractivity contribution in [2.45, 2.75) is 51.9 Å². The zero-order chi connectivity index (χ0) is 23.6. The standard InChI is InChI=1S/C26H32O6/c1-5-24(28)31-17-9-7-6-8-16-30-20-12-10-19(11-13-20)25(29)32-21-14-15-23(27)22(18-21)26(2,3)4/h5,10-15,18,27H,1,6-9,16-17H2,2-4H3. The summed E-state index contributed by atoms with van der Waals surface area (Å²) >= 11 is 0. The Morgan fingerprint density at radius 1 is 0.938 bits per heavy atom. The molecule has 0 aliphatic heterocycles. The summed E-state index contributed by atoms with van der Waals surface area (Å²) in [5.41, 5.74) is 0.852. The van der Waals surface area contributed by atoms with E-state index in [4.69, 9.17) is 14.2 Å². The third kappa shape index (κ3) is 8.10. The fraction of sp³-hybridized carbons (Fsp3) is 0.385. The zero-order valence-corrected chi connectivity index (χ0v) is 19.1. The highest BCUT2D eigenvalue weighted by Gasteiger charge is 2.19. The minimum absolute atomic E-state index is 0.176. The van der Waals surface area contributed by atoms with Gasteiger partial charge in [0.25, 0.3) is 0 Å². The quantitative estimate of drug-likeness (QED) is 0.213. The van der Waals surface area contributed by atoms with Crippen molar-refractivity contribution in [3.63, 3.8) is 0 Å². The number of hydrogen-bond donors (Lipinski definition) is 1. The first-order valence-electron chi connectivity index (χ1n) is 10.8. The molecule has 0 amide bonds. The van der Waals surface area contributed by atoms with Crippen LogP contribution in [0.1, 0.15) is 62.4 Å². The summed E-state index contributed by atoms with van der Waals surface area (Å²) in [6, 6.07) is 11.6. The van der Waals surface area contributed by atoms with Crippen LogP contribution in [-0.2, 0) is 14.9 Å². The van der Waals surface area contributed by atoms with Gasteiger partial charge in [0, 0.05) is 11.6 Å². The molecule has 2 aromatic carbocycles. The van der Waals surface area contributed by atoms with Crippen LogP contribution < -0.4 is 9.47 Å². The summed E-state index contributed by atoms with van der Waals surface area (Å²) in [6.45, 7) is 10.3. The Hall–Kier alpha value is -3.28. The normalized spacial score (nSPS) is 11.0. The Kier molecular flexibility index (Phi) is 9.32. The first kappa shape index (κ1) is 25.0. The van der Waals surface area contributed by atoms with Gasteiger partial charge in [-0.2, -0.15) is 0 Å². The molecular weight excluding hydrogens is 408 g/mol. The Morgan fingerprint density at radius 2 is 1.56 bits per heavy atom. The second-order valence-electron chi connectivity index (χ2n) is 8.48. The van der Waals surface area contributed by atoms with Crippen LogP contribution in [0.5, 0.6) is 17.2 Å². The molecule has 6 heteroatoms. The summed E-state index contributed by atoms with van der Waals surface area (Å²) in [7, 11) is 0. The Morgan fingerprint density at radius 3 is 2.19 bits per heavy atom. The van der Waals surface area contributed by atoms with Crippen LogP contribution >= 0.6 is 0 Å². The molecule has 2 aromatic rings. The first-order chi connectivity index (χ1) is 15.2. The number of esters is 2. The highest BCUT2D eigenvalue weighted by molar-refractivity contribution is 5.91. The van der Waals surface area contributed by atoms with Crippen LogP contribution in [0.25, 0.3) is 0 Å². The number of benzene rings is 2. The molecule has 0 radical (unpaired) electrons. The molecule has 0 atom stereocenters. The van der Waals surface area contributed by atoms with E-state index in [1.54, 1.807) is 36.4 Å². The van der Waals surface area contributed by atoms with Crippen LogP contribution in [-0.4, -0.2) is 30.3 Å². The lowest BCUT2D eigenvalue weighted by Gasteiger charge is -2.21. The number of aromatic hydroxyl groups is 1. The van der Waals surface area contributed by atoms with Crippen molar-refractivity contribution in [2.75, 3.05) is 13.2 Å². The second kappa shape index (κ2) is 11.9. The number of carbonyl (C=O) groups excluding carboxylic acids is 2. The molecule has 2 rings (SSSR count). The molecule has 32 heavy (non-hydrogen) atoms. The van der Waals surface area contributed by atoms with Crippen LogP contribution in [0.2, 0.25) is 0 Å². The average Bonchev–Trinajstić information content (AvgIpc) is 2.76. The maximum absolute atomic E-state index is 12.5. The van der Waals surface area contributed by atoms with E-state index in [1.165, 1.54) is 6.07 Å². The second-order valence-corrected chi connectivity index (χ2v) is 8.48. The van der Waals surface area contributed by atoms with Crippen molar-refractivity contribution in [1.29, 1.82) is 0 Å². The van der Waals surface area contributed by atoms with Crippen LogP contribution in [0.15, 0.2) is 55.1 Å². The number of phenols is 1. The number of unbranched alkanes of at least 4 members (excludes halogenated alkanes) is 3. The van der Waals surface area contributed by atoms with Gasteiger partial charge in [0.1, 0.15) is 17.2 Å². The maximum Gasteiger partial charge on any atom is 0.343 e. The lowest BCUT2D eigenvalue weighted by Crippen LogP contribution is -2.13. The van der Waals surface area contributed by atoms with Crippen LogP contribution in [0.4, 0.5) is 0 Å². The number of rotatable bonds is 11. The number of phenolic OH excluding ortho intramolecular Hbond substituents is 1. The van der Waals surface area contributed by atoms with Gasteiger partial charge in [0.05, 0.1) is 18.8 Å². The van der Waals surface area contributed by atoms with E-state index in [-0.39, 0.29) is 11.2 Å². The van der Waals surface area contributed by atoms with Crippen molar-refractivity contribution in [3.8, 4) is 17.2 Å². The van der Waals surface area contributed by atoms with Crippen LogP contribution in [0, 0.1) is 0 Å². The van der Waals surface area contributed by atoms with Crippen molar-refractivity contribution in [2.24, 2.45) is 0 Å². The summed E-state index contributed by atoms with van der Waals surface area (Å²) in [6.07, 6.45) is 4.78. The van der Waals surface area contributed by atoms with Crippen molar-refractivity contribution < 1.29 is 28.9 Å². The maximum atomic E-state index is 12.5. The molecule has 0 heterocycles. The highest BCUT2D eigenvalue weighted by Crippen LogP contribution is 2.33. The van der Waals surface area contributed by atoms with E-state index in [2.05, 4.69) is 6.58 Å². The van der Waals surface area contributed by atoms with Gasteiger partial charge in [-0.1, -0.05) is 27.4 Å². The SMILES string of the molecule is C=CC(=O)OCCCCCCOc1ccc(C(=O)Oc2ccc(O)c(C(C)(C)C)c2)cc1. The molecule has 0 fully saturated rings. The van der Waals surface area contributed by atoms with Gasteiger partial charge in [0.2, 0.25) is 0 Å². The third-order valence-corrected chi connectivity index (χ3v) is 4.79. The van der Waals surface area contributed by atoms with Crippen molar-refractivity contribution >= 4 is 11.9 Å². The van der Waals surface area contributed by atoms with Gasteiger partial charge in [-0.3, -0.25) is 0 Å². The van der Waals surface area contributed by atoms with Gasteiger partial charge in [0.15, 0.2) is 0 Å². The van der Waals surface area contributed by atoms with Crippen molar-refractivity contribution in [3.05, 3.63) is 66.2 Å². The van der Waals surface area contributed by atoms with E-state index in [0.29, 0.717) is 35.8 Å². The highest BCUT2D eigenvalue weighted by atomic mass is 16.5. The van der Waals surface area contributed by atoms with E-state index < -0.39 is 11.9 Å². The number of hydrogen-bond acceptors (Lipinski definition) is 6. The first-order valence-corrected chi connectivity index (χ1v) is 10.8. The third-order valence-electron chi connectivity index (χ3n) is 4.79. The van der Waals surface area contributed by atoms with E-state index in [0.717, 1.165) is 31.8 Å². The molecule has 0 aromatic heterocycles. The minimum Gasteiger partial charge on any atom is -0.508 e. The van der Waals surface area contributed by atoms with E-state index in [1.807, 2.05) is 20.8 Å². The fourth-order valence-corrected chi connectivity index (χ4v) is 3.01. The molecule has 172 valence electrons. The molecule has 0 saturated carbocycles. The molecular formula is C26H32O6. The van der Waals surface area contributed by atoms with Crippen LogP contribution in [0.3, 0.4) is 0 Å². The lowest BCUT2D eigenvalue weighted by molar-refractivity contribution is -0.137. The van der Waals surface area contributed by atoms with Gasteiger partial charge in [-0.25, -0.2) is 9.59 Å². The molecule has 0 unspecified atom stereocenters. The summed E-state index contributed by atoms with van der Waals surface area (Å²) < 4.78 is 16.1. The van der Waals surface area contributed by atoms with Gasteiger partial charge in [-0.05, 0) is 73.6 Å². The summed E-state index contributed by atoms with van der Waals surface area (Å²) in [5, 5.41) is 10.0. The molecule has 0 bridgehead atoms. The molecule has 1 N–H and O–H groups in total. The van der Waals surface area contributed by atoms with Gasteiger partial charge < -0.3 is 19.3 Å². The monoisotopic (exact) mass is 440 g/mol. The van der Waals surface area contributed by atoms with Gasteiger partial charge in [-0.15, -0.1) is 0 Å². The number of carbonyl (C=O) groups is 2. The predicted octanol–water partition coefficient (Wildman–Crippen LogP) is 5.58. The summed E-state index contributed by atoms with van der Waals surface area (Å²) in [5.74, 6) is 0.381. The average molecular weight is 441 g/mol. The zero-order valence-electron chi connectivity index (χ0n) is 19.1. The predicted molar refractivity (Wildman–Crippen MR) is 123 cm³/mol. The Bertz CT molecular complexity index is 909. The largest absolute Gasteiger partial charge is 0.508 e. The molecule has 0 aliphatic rings. The van der Waals surface area contributed by atoms with Gasteiger partial charge >= 0.3 is 11.9 Å². The molecule has 0 aliphatic carbocycles. The molecule has 0 saturated heterocycles. The molecule has 0 spiro atoms. The molecule has 6 nitrogen and oxygen atoms in total. The smallest absolute Gasteiger partial charge is 0.343 e. The topological polar surface area (TPSA) is 82.1 Å². The Balaban J connectivity index is 1.76. The lowest BCUT2D eigenvalue weighted by atomic mass is 9.86. The number of ether oxygens (including phenoxy) is 3. The summed E-state index contributed by atoms with van der Waals surface area (Å²) in [4.78, 5) is 23.4. The fourth-order valence-electron chi connectivity index (χ4n) is 3.01. The van der Waals surface area contributed by atoms with Crippen molar-refractivity contribution in [1.82, 2.24) is 0 Å². The van der Waals surface area contributed by atoms with E-state index in [9.17, 15) is 14.7 Å². The minimum atomic E-state index is -0.473. The van der Waals surface area contributed by atoms with E-state index >= 15 is 0 Å².